The first kappa shape index (κ1) is 14.2. The fourth-order valence-electron chi connectivity index (χ4n) is 1.89. The van der Waals surface area contributed by atoms with E-state index in [1.54, 1.807) is 0 Å². The van der Waals surface area contributed by atoms with E-state index in [2.05, 4.69) is 41.8 Å². The molecule has 0 radical (unpaired) electrons. The number of hydrogen-bond acceptors (Lipinski definition) is 2. The van der Waals surface area contributed by atoms with Gasteiger partial charge in [0, 0.05) is 25.0 Å². The van der Waals surface area contributed by atoms with Gasteiger partial charge < -0.3 is 9.88 Å². The summed E-state index contributed by atoms with van der Waals surface area (Å²) in [4.78, 5) is 4.40. The molecule has 0 aliphatic rings. The first-order valence-electron chi connectivity index (χ1n) is 6.97. The largest absolute Gasteiger partial charge is 0.334 e. The second-order valence-corrected chi connectivity index (χ2v) is 4.99. The van der Waals surface area contributed by atoms with Gasteiger partial charge in [0.2, 0.25) is 0 Å². The molecule has 0 aliphatic carbocycles. The van der Waals surface area contributed by atoms with Gasteiger partial charge in [-0.05, 0) is 6.42 Å². The van der Waals surface area contributed by atoms with Crippen LogP contribution in [0.4, 0.5) is 0 Å². The van der Waals surface area contributed by atoms with Crippen LogP contribution in [0.15, 0.2) is 12.4 Å². The molecule has 3 nitrogen and oxygen atoms in total. The third-order valence-electron chi connectivity index (χ3n) is 2.97. The Balaban J connectivity index is 2.25. The minimum atomic E-state index is 0.518. The van der Waals surface area contributed by atoms with Crippen LogP contribution in [0.5, 0.6) is 0 Å². The summed E-state index contributed by atoms with van der Waals surface area (Å²) in [5.41, 5.74) is 0. The van der Waals surface area contributed by atoms with Crippen LogP contribution in [0.1, 0.15) is 58.7 Å². The van der Waals surface area contributed by atoms with Crippen LogP contribution < -0.4 is 5.32 Å². The van der Waals surface area contributed by atoms with E-state index in [4.69, 9.17) is 0 Å². The Bertz CT molecular complexity index is 291. The average Bonchev–Trinajstić information content (AvgIpc) is 2.73. The molecular formula is C14H27N3. The highest BCUT2D eigenvalue weighted by atomic mass is 15.1. The number of nitrogens with one attached hydrogen (secondary N) is 1. The van der Waals surface area contributed by atoms with Crippen LogP contribution in [0.3, 0.4) is 0 Å². The standard InChI is InChI=1S/C14H27N3/c1-4-5-6-7-8-10-17-11-9-15-14(17)12-16-13(2)3/h9,11,13,16H,4-8,10,12H2,1-3H3. The van der Waals surface area contributed by atoms with E-state index < -0.39 is 0 Å². The number of aromatic nitrogens is 2. The normalized spacial score (nSPS) is 11.3. The summed E-state index contributed by atoms with van der Waals surface area (Å²) in [6, 6.07) is 0.518. The molecule has 0 bridgehead atoms. The van der Waals surface area contributed by atoms with Crippen molar-refractivity contribution in [2.45, 2.75) is 72.0 Å². The molecule has 0 unspecified atom stereocenters. The van der Waals surface area contributed by atoms with Gasteiger partial charge in [0.1, 0.15) is 5.82 Å². The van der Waals surface area contributed by atoms with Gasteiger partial charge in [-0.3, -0.25) is 0 Å². The topological polar surface area (TPSA) is 29.9 Å². The molecule has 17 heavy (non-hydrogen) atoms. The van der Waals surface area contributed by atoms with Crippen LogP contribution in [0.2, 0.25) is 0 Å². The predicted molar refractivity (Wildman–Crippen MR) is 73.0 cm³/mol. The summed E-state index contributed by atoms with van der Waals surface area (Å²) in [5.74, 6) is 1.16. The molecule has 0 fully saturated rings. The molecule has 0 saturated carbocycles. The van der Waals surface area contributed by atoms with Crippen molar-refractivity contribution in [1.29, 1.82) is 0 Å². The summed E-state index contributed by atoms with van der Waals surface area (Å²) in [5, 5.41) is 3.42. The zero-order valence-corrected chi connectivity index (χ0v) is 11.6. The highest BCUT2D eigenvalue weighted by molar-refractivity contribution is 4.92. The van der Waals surface area contributed by atoms with Crippen LogP contribution in [0, 0.1) is 0 Å². The maximum atomic E-state index is 4.40. The van der Waals surface area contributed by atoms with Crippen LogP contribution in [-0.4, -0.2) is 15.6 Å². The second kappa shape index (κ2) is 8.29. The number of imidazole rings is 1. The molecule has 1 aromatic heterocycles. The van der Waals surface area contributed by atoms with Gasteiger partial charge >= 0.3 is 0 Å². The monoisotopic (exact) mass is 237 g/mol. The Morgan fingerprint density at radius 1 is 1.24 bits per heavy atom. The SMILES string of the molecule is CCCCCCCn1ccnc1CNC(C)C. The molecule has 0 aliphatic heterocycles. The lowest BCUT2D eigenvalue weighted by atomic mass is 10.1. The molecule has 0 aromatic carbocycles. The molecular weight excluding hydrogens is 210 g/mol. The van der Waals surface area contributed by atoms with Crippen molar-refractivity contribution in [3.63, 3.8) is 0 Å². The first-order valence-corrected chi connectivity index (χ1v) is 6.97. The van der Waals surface area contributed by atoms with Crippen molar-refractivity contribution in [2.75, 3.05) is 0 Å². The second-order valence-electron chi connectivity index (χ2n) is 4.99. The lowest BCUT2D eigenvalue weighted by Crippen LogP contribution is -2.24. The van der Waals surface area contributed by atoms with E-state index in [0.29, 0.717) is 6.04 Å². The van der Waals surface area contributed by atoms with Gasteiger partial charge in [-0.2, -0.15) is 0 Å². The van der Waals surface area contributed by atoms with Gasteiger partial charge in [-0.15, -0.1) is 0 Å². The highest BCUT2D eigenvalue weighted by Crippen LogP contribution is 2.06. The van der Waals surface area contributed by atoms with Crippen molar-refractivity contribution in [2.24, 2.45) is 0 Å². The number of unbranched alkanes of at least 4 members (excludes halogenated alkanes) is 4. The summed E-state index contributed by atoms with van der Waals surface area (Å²) in [6.45, 7) is 8.57. The lowest BCUT2D eigenvalue weighted by molar-refractivity contribution is 0.519. The summed E-state index contributed by atoms with van der Waals surface area (Å²) in [6.07, 6.45) is 10.7. The number of hydrogen-bond donors (Lipinski definition) is 1. The Morgan fingerprint density at radius 2 is 2.00 bits per heavy atom. The highest BCUT2D eigenvalue weighted by Gasteiger charge is 2.02. The Kier molecular flexibility index (Phi) is 6.94. The van der Waals surface area contributed by atoms with Crippen LogP contribution >= 0.6 is 0 Å². The number of aryl methyl sites for hydroxylation is 1. The zero-order chi connectivity index (χ0) is 12.5. The minimum absolute atomic E-state index is 0.518. The summed E-state index contributed by atoms with van der Waals surface area (Å²) in [7, 11) is 0. The van der Waals surface area contributed by atoms with Gasteiger partial charge in [0.25, 0.3) is 0 Å². The molecule has 1 N–H and O–H groups in total. The van der Waals surface area contributed by atoms with Crippen molar-refractivity contribution < 1.29 is 0 Å². The Labute approximate surface area is 106 Å². The van der Waals surface area contributed by atoms with E-state index in [-0.39, 0.29) is 0 Å². The first-order chi connectivity index (χ1) is 8.24. The molecule has 0 saturated heterocycles. The maximum Gasteiger partial charge on any atom is 0.122 e. The van der Waals surface area contributed by atoms with Gasteiger partial charge in [-0.1, -0.05) is 46.5 Å². The van der Waals surface area contributed by atoms with E-state index >= 15 is 0 Å². The van der Waals surface area contributed by atoms with Gasteiger partial charge in [-0.25, -0.2) is 4.98 Å². The molecule has 1 aromatic rings. The van der Waals surface area contributed by atoms with Crippen LogP contribution in [-0.2, 0) is 13.1 Å². The third-order valence-corrected chi connectivity index (χ3v) is 2.97. The van der Waals surface area contributed by atoms with Gasteiger partial charge in [0.15, 0.2) is 0 Å². The van der Waals surface area contributed by atoms with E-state index in [1.807, 2.05) is 6.20 Å². The fourth-order valence-corrected chi connectivity index (χ4v) is 1.89. The van der Waals surface area contributed by atoms with E-state index in [0.717, 1.165) is 18.9 Å². The summed E-state index contributed by atoms with van der Waals surface area (Å²) < 4.78 is 2.28. The summed E-state index contributed by atoms with van der Waals surface area (Å²) >= 11 is 0. The van der Waals surface area contributed by atoms with E-state index in [9.17, 15) is 0 Å². The quantitative estimate of drug-likeness (QED) is 0.667. The molecule has 0 spiro atoms. The van der Waals surface area contributed by atoms with Gasteiger partial charge in [0.05, 0.1) is 6.54 Å². The van der Waals surface area contributed by atoms with Crippen molar-refractivity contribution >= 4 is 0 Å². The molecule has 0 atom stereocenters. The smallest absolute Gasteiger partial charge is 0.122 e. The van der Waals surface area contributed by atoms with Crippen LogP contribution in [0.25, 0.3) is 0 Å². The lowest BCUT2D eigenvalue weighted by Gasteiger charge is -2.10. The predicted octanol–water partition coefficient (Wildman–Crippen LogP) is 3.35. The fraction of sp³-hybridized carbons (Fsp3) is 0.786. The van der Waals surface area contributed by atoms with Crippen molar-refractivity contribution in [3.8, 4) is 0 Å². The molecule has 1 rings (SSSR count). The van der Waals surface area contributed by atoms with Crippen molar-refractivity contribution in [1.82, 2.24) is 14.9 Å². The maximum absolute atomic E-state index is 4.40. The molecule has 1 heterocycles. The number of rotatable bonds is 9. The average molecular weight is 237 g/mol. The number of nitrogens with zero attached hydrogens (tertiary/aromatic N) is 2. The third kappa shape index (κ3) is 5.87. The Hall–Kier alpha value is -0.830. The Morgan fingerprint density at radius 3 is 2.71 bits per heavy atom. The molecule has 3 heteroatoms. The van der Waals surface area contributed by atoms with E-state index in [1.165, 1.54) is 32.1 Å². The molecule has 98 valence electrons. The zero-order valence-electron chi connectivity index (χ0n) is 11.6. The minimum Gasteiger partial charge on any atom is -0.334 e. The van der Waals surface area contributed by atoms with Crippen molar-refractivity contribution in [3.05, 3.63) is 18.2 Å². The molecule has 0 amide bonds.